The monoisotopic (exact) mass is 491 g/mol. The molecule has 35 heavy (non-hydrogen) atoms. The Morgan fingerprint density at radius 3 is 2.06 bits per heavy atom. The first kappa shape index (κ1) is 25.7. The zero-order valence-corrected chi connectivity index (χ0v) is 20.6. The SMILES string of the molecule is CC(C)CC(=O)Nc1ccc(NC(=S)NC(=O)c2cccc(OCCOc3ccccc3)c2)cc1. The third-order valence-electron chi connectivity index (χ3n) is 4.71. The molecule has 3 N–H and O–H groups in total. The number of hydrogen-bond acceptors (Lipinski definition) is 5. The number of benzene rings is 3. The first-order chi connectivity index (χ1) is 16.9. The van der Waals surface area contributed by atoms with Crippen LogP contribution in [0.3, 0.4) is 0 Å². The molecule has 0 saturated carbocycles. The van der Waals surface area contributed by atoms with Crippen LogP contribution in [-0.4, -0.2) is 30.1 Å². The van der Waals surface area contributed by atoms with Crippen molar-refractivity contribution in [2.45, 2.75) is 20.3 Å². The molecular formula is C27H29N3O4S. The maximum absolute atomic E-state index is 12.6. The number of para-hydroxylation sites is 1. The smallest absolute Gasteiger partial charge is 0.257 e. The molecule has 182 valence electrons. The van der Waals surface area contributed by atoms with Gasteiger partial charge in [-0.2, -0.15) is 0 Å². The average molecular weight is 492 g/mol. The van der Waals surface area contributed by atoms with Crippen LogP contribution in [0.4, 0.5) is 11.4 Å². The minimum Gasteiger partial charge on any atom is -0.490 e. The summed E-state index contributed by atoms with van der Waals surface area (Å²) >= 11 is 5.27. The highest BCUT2D eigenvalue weighted by atomic mass is 32.1. The Morgan fingerprint density at radius 1 is 0.800 bits per heavy atom. The number of anilines is 2. The Morgan fingerprint density at radius 2 is 1.40 bits per heavy atom. The third-order valence-corrected chi connectivity index (χ3v) is 4.91. The lowest BCUT2D eigenvalue weighted by molar-refractivity contribution is -0.116. The number of carbonyl (C=O) groups is 2. The minimum absolute atomic E-state index is 0.0292. The van der Waals surface area contributed by atoms with Crippen LogP contribution < -0.4 is 25.4 Å². The van der Waals surface area contributed by atoms with Gasteiger partial charge in [-0.15, -0.1) is 0 Å². The van der Waals surface area contributed by atoms with Crippen LogP contribution in [0.5, 0.6) is 11.5 Å². The van der Waals surface area contributed by atoms with Crippen molar-refractivity contribution < 1.29 is 19.1 Å². The van der Waals surface area contributed by atoms with Crippen LogP contribution in [0.15, 0.2) is 78.9 Å². The molecule has 0 radical (unpaired) electrons. The van der Waals surface area contributed by atoms with Crippen molar-refractivity contribution in [1.82, 2.24) is 5.32 Å². The normalized spacial score (nSPS) is 10.4. The summed E-state index contributed by atoms with van der Waals surface area (Å²) in [5.41, 5.74) is 1.80. The van der Waals surface area contributed by atoms with Gasteiger partial charge in [0.1, 0.15) is 24.7 Å². The van der Waals surface area contributed by atoms with Crippen molar-refractivity contribution in [2.75, 3.05) is 23.8 Å². The quantitative estimate of drug-likeness (QED) is 0.265. The topological polar surface area (TPSA) is 88.7 Å². The van der Waals surface area contributed by atoms with Crippen LogP contribution in [0.25, 0.3) is 0 Å². The van der Waals surface area contributed by atoms with E-state index in [4.69, 9.17) is 21.7 Å². The maximum Gasteiger partial charge on any atom is 0.257 e. The number of carbonyl (C=O) groups excluding carboxylic acids is 2. The fraction of sp³-hybridized carbons (Fsp3) is 0.222. The first-order valence-corrected chi connectivity index (χ1v) is 11.7. The number of ether oxygens (including phenoxy) is 2. The molecule has 0 spiro atoms. The van der Waals surface area contributed by atoms with Crippen LogP contribution in [0, 0.1) is 5.92 Å². The minimum atomic E-state index is -0.356. The first-order valence-electron chi connectivity index (χ1n) is 11.3. The largest absolute Gasteiger partial charge is 0.490 e. The highest BCUT2D eigenvalue weighted by molar-refractivity contribution is 7.80. The third kappa shape index (κ3) is 9.10. The van der Waals surface area contributed by atoms with E-state index in [1.54, 1.807) is 48.5 Å². The van der Waals surface area contributed by atoms with Crippen LogP contribution in [-0.2, 0) is 4.79 Å². The van der Waals surface area contributed by atoms with Gasteiger partial charge in [-0.05, 0) is 72.7 Å². The number of amides is 2. The van der Waals surface area contributed by atoms with Crippen LogP contribution in [0.2, 0.25) is 0 Å². The van der Waals surface area contributed by atoms with Crippen molar-refractivity contribution in [3.8, 4) is 11.5 Å². The Kier molecular flexibility index (Phi) is 9.62. The summed E-state index contributed by atoms with van der Waals surface area (Å²) in [4.78, 5) is 24.5. The molecule has 0 heterocycles. The fourth-order valence-corrected chi connectivity index (χ4v) is 3.33. The number of hydrogen-bond donors (Lipinski definition) is 3. The Balaban J connectivity index is 1.45. The predicted molar refractivity (Wildman–Crippen MR) is 142 cm³/mol. The molecule has 8 heteroatoms. The molecule has 0 aliphatic rings. The summed E-state index contributed by atoms with van der Waals surface area (Å²) in [6.45, 7) is 4.71. The lowest BCUT2D eigenvalue weighted by atomic mass is 10.1. The molecule has 0 atom stereocenters. The zero-order chi connectivity index (χ0) is 25.0. The molecule has 3 aromatic rings. The Hall–Kier alpha value is -3.91. The molecule has 2 amide bonds. The average Bonchev–Trinajstić information content (AvgIpc) is 2.83. The number of nitrogens with one attached hydrogen (secondary N) is 3. The zero-order valence-electron chi connectivity index (χ0n) is 19.7. The second kappa shape index (κ2) is 13.1. The van der Waals surface area contributed by atoms with E-state index in [1.807, 2.05) is 44.2 Å². The van der Waals surface area contributed by atoms with Gasteiger partial charge in [0.2, 0.25) is 5.91 Å². The number of thiocarbonyl (C=S) groups is 1. The molecular weight excluding hydrogens is 462 g/mol. The lowest BCUT2D eigenvalue weighted by Crippen LogP contribution is -2.34. The summed E-state index contributed by atoms with van der Waals surface area (Å²) in [7, 11) is 0. The van der Waals surface area contributed by atoms with Crippen molar-refractivity contribution in [3.05, 3.63) is 84.4 Å². The molecule has 7 nitrogen and oxygen atoms in total. The van der Waals surface area contributed by atoms with Gasteiger partial charge in [0.15, 0.2) is 5.11 Å². The summed E-state index contributed by atoms with van der Waals surface area (Å²) < 4.78 is 11.3. The second-order valence-electron chi connectivity index (χ2n) is 8.17. The molecule has 0 unspecified atom stereocenters. The van der Waals surface area contributed by atoms with Crippen LogP contribution in [0.1, 0.15) is 30.6 Å². The molecule has 0 aliphatic carbocycles. The highest BCUT2D eigenvalue weighted by Gasteiger charge is 2.10. The van der Waals surface area contributed by atoms with E-state index >= 15 is 0 Å². The molecule has 3 aromatic carbocycles. The van der Waals surface area contributed by atoms with Gasteiger partial charge in [-0.1, -0.05) is 38.1 Å². The summed E-state index contributed by atoms with van der Waals surface area (Å²) in [5, 5.41) is 8.64. The van der Waals surface area contributed by atoms with Gasteiger partial charge in [0.05, 0.1) is 0 Å². The summed E-state index contributed by atoms with van der Waals surface area (Å²) in [6.07, 6.45) is 0.462. The van der Waals surface area contributed by atoms with Crippen molar-refractivity contribution in [3.63, 3.8) is 0 Å². The summed E-state index contributed by atoms with van der Waals surface area (Å²) in [5.74, 6) is 1.24. The van der Waals surface area contributed by atoms with E-state index in [0.29, 0.717) is 42.3 Å². The molecule has 0 bridgehead atoms. The van der Waals surface area contributed by atoms with Gasteiger partial charge in [-0.3, -0.25) is 14.9 Å². The molecule has 0 saturated heterocycles. The standard InChI is InChI=1S/C27H29N3O4S/c1-19(2)17-25(31)28-21-11-13-22(14-12-21)29-27(35)30-26(32)20-7-6-10-24(18-20)34-16-15-33-23-8-4-3-5-9-23/h3-14,18-19H,15-17H2,1-2H3,(H,28,31)(H2,29,30,32,35). The van der Waals surface area contributed by atoms with Gasteiger partial charge >= 0.3 is 0 Å². The van der Waals surface area contributed by atoms with E-state index in [2.05, 4.69) is 16.0 Å². The van der Waals surface area contributed by atoms with Gasteiger partial charge in [0.25, 0.3) is 5.91 Å². The van der Waals surface area contributed by atoms with E-state index in [9.17, 15) is 9.59 Å². The van der Waals surface area contributed by atoms with Crippen molar-refractivity contribution in [1.29, 1.82) is 0 Å². The van der Waals surface area contributed by atoms with E-state index < -0.39 is 0 Å². The fourth-order valence-electron chi connectivity index (χ4n) is 3.12. The van der Waals surface area contributed by atoms with Gasteiger partial charge in [0, 0.05) is 23.4 Å². The predicted octanol–water partition coefficient (Wildman–Crippen LogP) is 5.26. The second-order valence-corrected chi connectivity index (χ2v) is 8.58. The van der Waals surface area contributed by atoms with Crippen molar-refractivity contribution in [2.24, 2.45) is 5.92 Å². The van der Waals surface area contributed by atoms with E-state index in [-0.39, 0.29) is 22.8 Å². The molecule has 0 aromatic heterocycles. The molecule has 0 aliphatic heterocycles. The molecule has 3 rings (SSSR count). The highest BCUT2D eigenvalue weighted by Crippen LogP contribution is 2.16. The Labute approximate surface area is 210 Å². The molecule has 0 fully saturated rings. The van der Waals surface area contributed by atoms with Gasteiger partial charge in [-0.25, -0.2) is 0 Å². The van der Waals surface area contributed by atoms with E-state index in [1.165, 1.54) is 0 Å². The summed E-state index contributed by atoms with van der Waals surface area (Å²) in [6, 6.07) is 23.4. The Bertz CT molecular complexity index is 1130. The van der Waals surface area contributed by atoms with Gasteiger partial charge < -0.3 is 20.1 Å². The van der Waals surface area contributed by atoms with E-state index in [0.717, 1.165) is 5.75 Å². The lowest BCUT2D eigenvalue weighted by Gasteiger charge is -2.12. The van der Waals surface area contributed by atoms with Crippen molar-refractivity contribution >= 4 is 40.5 Å². The van der Waals surface area contributed by atoms with Crippen LogP contribution >= 0.6 is 12.2 Å². The number of rotatable bonds is 10. The maximum atomic E-state index is 12.6.